The molecule has 33 heavy (non-hydrogen) atoms. The summed E-state index contributed by atoms with van der Waals surface area (Å²) in [5, 5.41) is 5.60. The van der Waals surface area contributed by atoms with Crippen LogP contribution >= 0.6 is 34.8 Å². The van der Waals surface area contributed by atoms with Gasteiger partial charge in [0, 0.05) is 16.6 Å². The maximum atomic E-state index is 12.5. The summed E-state index contributed by atoms with van der Waals surface area (Å²) < 4.78 is 5.83. The first-order valence-electron chi connectivity index (χ1n) is 10.2. The van der Waals surface area contributed by atoms with Crippen LogP contribution in [0, 0.1) is 0 Å². The predicted molar refractivity (Wildman–Crippen MR) is 132 cm³/mol. The van der Waals surface area contributed by atoms with Crippen molar-refractivity contribution in [3.05, 3.63) is 98.5 Å². The third-order valence-electron chi connectivity index (χ3n) is 5.19. The lowest BCUT2D eigenvalue weighted by atomic mass is 10.0. The average molecular weight is 504 g/mol. The topological polar surface area (TPSA) is 74.8 Å². The second-order valence-corrected chi connectivity index (χ2v) is 8.73. The van der Waals surface area contributed by atoms with E-state index in [0.717, 1.165) is 16.9 Å². The molecule has 0 aromatic heterocycles. The fourth-order valence-electron chi connectivity index (χ4n) is 3.36. The number of nitrogens with one attached hydrogen (secondary N) is 3. The molecule has 2 unspecified atom stereocenters. The Morgan fingerprint density at radius 3 is 2.39 bits per heavy atom. The molecule has 4 rings (SSSR count). The minimum Gasteiger partial charge on any atom is -0.489 e. The Labute approximate surface area is 206 Å². The Bertz CT molecular complexity index is 1120. The molecule has 0 saturated carbocycles. The van der Waals surface area contributed by atoms with Gasteiger partial charge in [0.15, 0.2) is 0 Å². The van der Waals surface area contributed by atoms with Gasteiger partial charge in [0.05, 0.1) is 16.3 Å². The number of hydrazine groups is 1. The van der Waals surface area contributed by atoms with Gasteiger partial charge in [-0.05, 0) is 53.9 Å². The van der Waals surface area contributed by atoms with Crippen molar-refractivity contribution < 1.29 is 9.53 Å². The second-order valence-electron chi connectivity index (χ2n) is 7.48. The van der Waals surface area contributed by atoms with E-state index in [2.05, 4.69) is 21.4 Å². The van der Waals surface area contributed by atoms with Crippen LogP contribution in [-0.4, -0.2) is 18.2 Å². The molecule has 0 aliphatic carbocycles. The third-order valence-corrected chi connectivity index (χ3v) is 6.10. The number of ether oxygens (including phenoxy) is 1. The molecule has 0 bridgehead atoms. The lowest BCUT2D eigenvalue weighted by Crippen LogP contribution is -2.41. The summed E-state index contributed by atoms with van der Waals surface area (Å²) in [6.07, 6.45) is 2.00. The van der Waals surface area contributed by atoms with Crippen molar-refractivity contribution in [2.24, 2.45) is 5.10 Å². The van der Waals surface area contributed by atoms with E-state index in [1.54, 1.807) is 18.2 Å². The van der Waals surface area contributed by atoms with Crippen molar-refractivity contribution in [3.8, 4) is 5.75 Å². The van der Waals surface area contributed by atoms with Gasteiger partial charge in [-0.15, -0.1) is 0 Å². The summed E-state index contributed by atoms with van der Waals surface area (Å²) in [5.74, 6) is 0.508. The lowest BCUT2D eigenvalue weighted by Gasteiger charge is -2.11. The second kappa shape index (κ2) is 11.0. The number of hydrogen-bond donors (Lipinski definition) is 3. The molecule has 3 N–H and O–H groups in total. The number of hydrogen-bond acceptors (Lipinski definition) is 5. The SMILES string of the molecule is O=C(N/N=C/c1c(Cl)cccc1Cl)C1CC(c2ccc(OCc3ccc(Cl)cc3)cc2)NN1. The van der Waals surface area contributed by atoms with Gasteiger partial charge < -0.3 is 4.74 Å². The average Bonchev–Trinajstić information content (AvgIpc) is 3.31. The van der Waals surface area contributed by atoms with E-state index in [1.807, 2.05) is 48.5 Å². The first-order chi connectivity index (χ1) is 16.0. The number of amides is 1. The summed E-state index contributed by atoms with van der Waals surface area (Å²) in [6, 6.07) is 20.0. The standard InChI is InChI=1S/C24H21Cl3N4O2/c25-17-8-4-15(5-9-17)14-33-18-10-6-16(7-11-18)22-12-23(30-29-22)24(32)31-28-13-19-20(26)2-1-3-21(19)27/h1-11,13,22-23,29-30H,12,14H2,(H,31,32)/b28-13+. The van der Waals surface area contributed by atoms with Crippen molar-refractivity contribution in [2.75, 3.05) is 0 Å². The van der Waals surface area contributed by atoms with Crippen LogP contribution in [0.2, 0.25) is 15.1 Å². The van der Waals surface area contributed by atoms with Gasteiger partial charge in [0.25, 0.3) is 5.91 Å². The smallest absolute Gasteiger partial charge is 0.258 e. The molecule has 1 fully saturated rings. The van der Waals surface area contributed by atoms with Crippen LogP contribution in [0.1, 0.15) is 29.2 Å². The van der Waals surface area contributed by atoms with E-state index >= 15 is 0 Å². The van der Waals surface area contributed by atoms with Crippen molar-refractivity contribution in [2.45, 2.75) is 25.1 Å². The quantitative estimate of drug-likeness (QED) is 0.303. The van der Waals surface area contributed by atoms with Crippen molar-refractivity contribution in [1.29, 1.82) is 0 Å². The molecule has 1 heterocycles. The van der Waals surface area contributed by atoms with E-state index in [1.165, 1.54) is 6.21 Å². The number of halogens is 3. The highest BCUT2D eigenvalue weighted by Crippen LogP contribution is 2.25. The highest BCUT2D eigenvalue weighted by atomic mass is 35.5. The zero-order chi connectivity index (χ0) is 23.2. The first kappa shape index (κ1) is 23.5. The number of benzene rings is 3. The molecular weight excluding hydrogens is 483 g/mol. The molecule has 0 radical (unpaired) electrons. The molecule has 1 amide bonds. The zero-order valence-electron chi connectivity index (χ0n) is 17.4. The Hall–Kier alpha value is -2.61. The maximum absolute atomic E-state index is 12.5. The molecule has 1 aliphatic rings. The normalized spacial score (nSPS) is 17.9. The van der Waals surface area contributed by atoms with Gasteiger partial charge in [-0.3, -0.25) is 4.79 Å². The minimum absolute atomic E-state index is 0.0203. The number of carbonyl (C=O) groups is 1. The maximum Gasteiger partial charge on any atom is 0.258 e. The van der Waals surface area contributed by atoms with E-state index in [0.29, 0.717) is 33.7 Å². The first-order valence-corrected chi connectivity index (χ1v) is 11.4. The summed E-state index contributed by atoms with van der Waals surface area (Å²) in [7, 11) is 0. The molecule has 3 aromatic carbocycles. The van der Waals surface area contributed by atoms with Gasteiger partial charge in [-0.2, -0.15) is 5.10 Å². The molecule has 3 aromatic rings. The minimum atomic E-state index is -0.435. The number of carbonyl (C=O) groups excluding carboxylic acids is 1. The summed E-state index contributed by atoms with van der Waals surface area (Å²) in [4.78, 5) is 12.5. The molecular formula is C24H21Cl3N4O2. The van der Waals surface area contributed by atoms with Crippen molar-refractivity contribution >= 4 is 46.9 Å². The van der Waals surface area contributed by atoms with Gasteiger partial charge in [-0.25, -0.2) is 16.3 Å². The van der Waals surface area contributed by atoms with Crippen LogP contribution in [0.15, 0.2) is 71.8 Å². The number of nitrogens with zero attached hydrogens (tertiary/aromatic N) is 1. The highest BCUT2D eigenvalue weighted by Gasteiger charge is 2.30. The highest BCUT2D eigenvalue weighted by molar-refractivity contribution is 6.38. The van der Waals surface area contributed by atoms with Gasteiger partial charge in [0.2, 0.25) is 0 Å². The Morgan fingerprint density at radius 1 is 1.00 bits per heavy atom. The van der Waals surface area contributed by atoms with Crippen LogP contribution in [0.5, 0.6) is 5.75 Å². The summed E-state index contributed by atoms with van der Waals surface area (Å²) >= 11 is 18.1. The summed E-state index contributed by atoms with van der Waals surface area (Å²) in [6.45, 7) is 0.460. The van der Waals surface area contributed by atoms with E-state index in [4.69, 9.17) is 39.5 Å². The van der Waals surface area contributed by atoms with E-state index < -0.39 is 6.04 Å². The fraction of sp³-hybridized carbons (Fsp3) is 0.167. The third kappa shape index (κ3) is 6.25. The van der Waals surface area contributed by atoms with Crippen molar-refractivity contribution in [3.63, 3.8) is 0 Å². The van der Waals surface area contributed by atoms with Crippen LogP contribution in [0.4, 0.5) is 0 Å². The molecule has 1 aliphatic heterocycles. The lowest BCUT2D eigenvalue weighted by molar-refractivity contribution is -0.122. The zero-order valence-corrected chi connectivity index (χ0v) is 19.7. The van der Waals surface area contributed by atoms with Gasteiger partial charge in [0.1, 0.15) is 18.4 Å². The Balaban J connectivity index is 1.27. The van der Waals surface area contributed by atoms with Crippen LogP contribution in [-0.2, 0) is 11.4 Å². The molecule has 6 nitrogen and oxygen atoms in total. The van der Waals surface area contributed by atoms with Gasteiger partial charge >= 0.3 is 0 Å². The fourth-order valence-corrected chi connectivity index (χ4v) is 3.98. The monoisotopic (exact) mass is 502 g/mol. The molecule has 170 valence electrons. The van der Waals surface area contributed by atoms with E-state index in [9.17, 15) is 4.79 Å². The van der Waals surface area contributed by atoms with E-state index in [-0.39, 0.29) is 11.9 Å². The molecule has 9 heteroatoms. The number of hydrazone groups is 1. The largest absolute Gasteiger partial charge is 0.489 e. The van der Waals surface area contributed by atoms with Crippen molar-refractivity contribution in [1.82, 2.24) is 16.3 Å². The molecule has 0 spiro atoms. The number of rotatable bonds is 7. The Morgan fingerprint density at radius 2 is 1.70 bits per heavy atom. The van der Waals surface area contributed by atoms with Crippen LogP contribution < -0.4 is 21.0 Å². The van der Waals surface area contributed by atoms with Crippen LogP contribution in [0.3, 0.4) is 0 Å². The molecule has 2 atom stereocenters. The molecule has 1 saturated heterocycles. The Kier molecular flexibility index (Phi) is 7.85. The van der Waals surface area contributed by atoms with Gasteiger partial charge in [-0.1, -0.05) is 65.1 Å². The predicted octanol–water partition coefficient (Wildman–Crippen LogP) is 5.28. The summed E-state index contributed by atoms with van der Waals surface area (Å²) in [5.41, 5.74) is 11.3. The van der Waals surface area contributed by atoms with Crippen LogP contribution in [0.25, 0.3) is 0 Å².